The largest absolute Gasteiger partial charge is 0.455 e. The van der Waals surface area contributed by atoms with E-state index in [4.69, 9.17) is 4.74 Å². The Balaban J connectivity index is 2.58. The highest BCUT2D eigenvalue weighted by atomic mass is 16.6. The molecule has 14 heavy (non-hydrogen) atoms. The summed E-state index contributed by atoms with van der Waals surface area (Å²) >= 11 is 0. The molecule has 0 spiro atoms. The van der Waals surface area contributed by atoms with E-state index in [-0.39, 0.29) is 18.0 Å². The van der Waals surface area contributed by atoms with Crippen molar-refractivity contribution in [3.63, 3.8) is 0 Å². The number of carbonyl (C=O) groups is 2. The molecule has 0 aromatic rings. The van der Waals surface area contributed by atoms with Crippen LogP contribution in [0.1, 0.15) is 33.6 Å². The van der Waals surface area contributed by atoms with Crippen LogP contribution >= 0.6 is 0 Å². The van der Waals surface area contributed by atoms with Gasteiger partial charge in [-0.3, -0.25) is 4.79 Å². The normalized spacial score (nSPS) is 17.1. The van der Waals surface area contributed by atoms with E-state index in [1.165, 1.54) is 0 Å². The van der Waals surface area contributed by atoms with Gasteiger partial charge in [0.05, 0.1) is 0 Å². The molecule has 0 bridgehead atoms. The van der Waals surface area contributed by atoms with Crippen LogP contribution in [0.5, 0.6) is 0 Å². The van der Waals surface area contributed by atoms with Crippen molar-refractivity contribution in [2.45, 2.75) is 39.2 Å². The van der Waals surface area contributed by atoms with Crippen LogP contribution in [0.4, 0.5) is 0 Å². The summed E-state index contributed by atoms with van der Waals surface area (Å²) in [6.07, 6.45) is 0.638. The van der Waals surface area contributed by atoms with Crippen LogP contribution in [0.2, 0.25) is 0 Å². The molecule has 0 unspecified atom stereocenters. The summed E-state index contributed by atoms with van der Waals surface area (Å²) in [4.78, 5) is 22.2. The van der Waals surface area contributed by atoms with Gasteiger partial charge in [0.2, 0.25) is 5.91 Å². The number of hydrogen-bond acceptors (Lipinski definition) is 4. The molecular weight excluding hydrogens is 184 g/mol. The molecule has 0 saturated heterocycles. The monoisotopic (exact) mass is 198 g/mol. The van der Waals surface area contributed by atoms with Gasteiger partial charge in [0.1, 0.15) is 11.3 Å². The Morgan fingerprint density at radius 2 is 2.07 bits per heavy atom. The first-order valence-electron chi connectivity index (χ1n) is 4.47. The van der Waals surface area contributed by atoms with Crippen molar-refractivity contribution in [2.75, 3.05) is 0 Å². The second-order valence-corrected chi connectivity index (χ2v) is 4.10. The molecule has 1 rings (SSSR count). The zero-order valence-electron chi connectivity index (χ0n) is 8.59. The van der Waals surface area contributed by atoms with Crippen LogP contribution in [-0.2, 0) is 14.3 Å². The van der Waals surface area contributed by atoms with Crippen LogP contribution in [0.3, 0.4) is 0 Å². The molecule has 0 radical (unpaired) electrons. The molecule has 0 aliphatic carbocycles. The Morgan fingerprint density at radius 1 is 1.43 bits per heavy atom. The number of carbonyl (C=O) groups excluding carboxylic acids is 2. The predicted octanol–water partition coefficient (Wildman–Crippen LogP) is 0.594. The van der Waals surface area contributed by atoms with Gasteiger partial charge in [-0.2, -0.15) is 5.10 Å². The van der Waals surface area contributed by atoms with Gasteiger partial charge in [0.25, 0.3) is 0 Å². The summed E-state index contributed by atoms with van der Waals surface area (Å²) in [6, 6.07) is 0. The van der Waals surface area contributed by atoms with Gasteiger partial charge in [-0.1, -0.05) is 0 Å². The zero-order chi connectivity index (χ0) is 10.8. The third kappa shape index (κ3) is 3.16. The fourth-order valence-electron chi connectivity index (χ4n) is 0.958. The van der Waals surface area contributed by atoms with Gasteiger partial charge < -0.3 is 4.74 Å². The first-order chi connectivity index (χ1) is 6.38. The fourth-order valence-corrected chi connectivity index (χ4v) is 0.958. The smallest absolute Gasteiger partial charge is 0.355 e. The molecule has 1 amide bonds. The Labute approximate surface area is 82.5 Å². The maximum absolute atomic E-state index is 11.4. The van der Waals surface area contributed by atoms with Crippen molar-refractivity contribution in [2.24, 2.45) is 5.10 Å². The lowest BCUT2D eigenvalue weighted by atomic mass is 10.1. The van der Waals surface area contributed by atoms with E-state index in [0.717, 1.165) is 0 Å². The molecule has 1 heterocycles. The van der Waals surface area contributed by atoms with Gasteiger partial charge in [-0.25, -0.2) is 10.2 Å². The third-order valence-corrected chi connectivity index (χ3v) is 1.54. The van der Waals surface area contributed by atoms with Gasteiger partial charge in [0, 0.05) is 12.8 Å². The van der Waals surface area contributed by atoms with Crippen LogP contribution < -0.4 is 5.43 Å². The zero-order valence-corrected chi connectivity index (χ0v) is 8.59. The lowest BCUT2D eigenvalue weighted by Gasteiger charge is -2.20. The van der Waals surface area contributed by atoms with E-state index in [1.807, 2.05) is 0 Å². The maximum Gasteiger partial charge on any atom is 0.355 e. The number of ether oxygens (including phenoxy) is 1. The second-order valence-electron chi connectivity index (χ2n) is 4.10. The predicted molar refractivity (Wildman–Crippen MR) is 50.7 cm³/mol. The summed E-state index contributed by atoms with van der Waals surface area (Å²) in [6.45, 7) is 5.35. The van der Waals surface area contributed by atoms with Gasteiger partial charge >= 0.3 is 5.97 Å². The molecule has 0 aromatic carbocycles. The number of hydrazone groups is 1. The molecule has 1 aliphatic rings. The summed E-state index contributed by atoms with van der Waals surface area (Å²) in [5.74, 6) is -0.630. The van der Waals surface area contributed by atoms with Crippen molar-refractivity contribution in [3.05, 3.63) is 0 Å². The highest BCUT2D eigenvalue weighted by Gasteiger charge is 2.23. The Kier molecular flexibility index (Phi) is 2.88. The number of nitrogens with zero attached hydrogens (tertiary/aromatic N) is 1. The first kappa shape index (κ1) is 10.7. The van der Waals surface area contributed by atoms with E-state index >= 15 is 0 Å². The molecular formula is C9H14N2O3. The van der Waals surface area contributed by atoms with E-state index in [9.17, 15) is 9.59 Å². The van der Waals surface area contributed by atoms with Crippen LogP contribution in [0.25, 0.3) is 0 Å². The summed E-state index contributed by atoms with van der Waals surface area (Å²) < 4.78 is 5.09. The Morgan fingerprint density at radius 3 is 2.50 bits per heavy atom. The molecule has 1 aliphatic heterocycles. The van der Waals surface area contributed by atoms with Crippen molar-refractivity contribution in [3.8, 4) is 0 Å². The minimum Gasteiger partial charge on any atom is -0.455 e. The van der Waals surface area contributed by atoms with E-state index in [1.54, 1.807) is 20.8 Å². The van der Waals surface area contributed by atoms with Crippen molar-refractivity contribution >= 4 is 17.6 Å². The number of hydrogen-bond donors (Lipinski definition) is 1. The topological polar surface area (TPSA) is 67.8 Å². The van der Waals surface area contributed by atoms with Crippen molar-refractivity contribution in [1.82, 2.24) is 5.43 Å². The van der Waals surface area contributed by atoms with Gasteiger partial charge in [-0.05, 0) is 20.8 Å². The summed E-state index contributed by atoms with van der Waals surface area (Å²) in [5, 5.41) is 3.64. The van der Waals surface area contributed by atoms with E-state index < -0.39 is 11.6 Å². The molecule has 1 N–H and O–H groups in total. The average Bonchev–Trinajstić information content (AvgIpc) is 2.02. The molecule has 0 atom stereocenters. The highest BCUT2D eigenvalue weighted by Crippen LogP contribution is 2.10. The van der Waals surface area contributed by atoms with Crippen molar-refractivity contribution < 1.29 is 14.3 Å². The number of amides is 1. The number of esters is 1. The van der Waals surface area contributed by atoms with Gasteiger partial charge in [0.15, 0.2) is 0 Å². The molecule has 0 aromatic heterocycles. The SMILES string of the molecule is CC(C)(C)OC(=O)C1=NNC(=O)CC1. The van der Waals surface area contributed by atoms with E-state index in [2.05, 4.69) is 10.5 Å². The van der Waals surface area contributed by atoms with E-state index in [0.29, 0.717) is 6.42 Å². The molecule has 5 nitrogen and oxygen atoms in total. The molecule has 5 heteroatoms. The minimum absolute atomic E-state index is 0.169. The molecule has 0 saturated carbocycles. The first-order valence-corrected chi connectivity index (χ1v) is 4.47. The summed E-state index contributed by atoms with van der Waals surface area (Å²) in [7, 11) is 0. The Hall–Kier alpha value is -1.39. The maximum atomic E-state index is 11.4. The Bertz CT molecular complexity index is 289. The highest BCUT2D eigenvalue weighted by molar-refractivity contribution is 6.37. The standard InChI is InChI=1S/C9H14N2O3/c1-9(2,3)14-8(13)6-4-5-7(12)11-10-6/h4-5H2,1-3H3,(H,11,12). The lowest BCUT2D eigenvalue weighted by Crippen LogP contribution is -2.34. The quantitative estimate of drug-likeness (QED) is 0.627. The average molecular weight is 198 g/mol. The number of nitrogens with one attached hydrogen (secondary N) is 1. The number of rotatable bonds is 1. The second kappa shape index (κ2) is 3.77. The van der Waals surface area contributed by atoms with Gasteiger partial charge in [-0.15, -0.1) is 0 Å². The summed E-state index contributed by atoms with van der Waals surface area (Å²) in [5.41, 5.74) is 2.00. The molecule has 0 fully saturated rings. The van der Waals surface area contributed by atoms with Crippen LogP contribution in [-0.4, -0.2) is 23.2 Å². The van der Waals surface area contributed by atoms with Crippen molar-refractivity contribution in [1.29, 1.82) is 0 Å². The van der Waals surface area contributed by atoms with Crippen LogP contribution in [0.15, 0.2) is 5.10 Å². The minimum atomic E-state index is -0.527. The molecule has 78 valence electrons. The third-order valence-electron chi connectivity index (χ3n) is 1.54. The fraction of sp³-hybridized carbons (Fsp3) is 0.667. The van der Waals surface area contributed by atoms with Crippen LogP contribution in [0, 0.1) is 0 Å². The lowest BCUT2D eigenvalue weighted by molar-refractivity contribution is -0.146.